The fourth-order valence-electron chi connectivity index (χ4n) is 2.27. The van der Waals surface area contributed by atoms with Gasteiger partial charge in [0.2, 0.25) is 0 Å². The summed E-state index contributed by atoms with van der Waals surface area (Å²) < 4.78 is 1.78. The van der Waals surface area contributed by atoms with Gasteiger partial charge in [-0.15, -0.1) is 0 Å². The Balaban J connectivity index is 2.10. The molecule has 0 saturated heterocycles. The van der Waals surface area contributed by atoms with Crippen molar-refractivity contribution < 1.29 is 0 Å². The van der Waals surface area contributed by atoms with Gasteiger partial charge in [0.1, 0.15) is 12.0 Å². The van der Waals surface area contributed by atoms with Crippen LogP contribution in [-0.4, -0.2) is 24.7 Å². The fourth-order valence-corrected chi connectivity index (χ4v) is 2.27. The van der Waals surface area contributed by atoms with Crippen LogP contribution in [0.1, 0.15) is 0 Å². The van der Waals surface area contributed by atoms with Gasteiger partial charge in [-0.25, -0.2) is 14.6 Å². The third-order valence-corrected chi connectivity index (χ3v) is 3.18. The number of nitrogens with one attached hydrogen (secondary N) is 1. The van der Waals surface area contributed by atoms with Crippen molar-refractivity contribution in [1.29, 1.82) is 0 Å². The summed E-state index contributed by atoms with van der Waals surface area (Å²) in [5, 5.41) is 6.24. The molecule has 0 aliphatic rings. The maximum atomic E-state index is 5.95. The van der Waals surface area contributed by atoms with Gasteiger partial charge < -0.3 is 10.7 Å². The molecule has 0 saturated carbocycles. The van der Waals surface area contributed by atoms with E-state index in [0.29, 0.717) is 5.69 Å². The minimum Gasteiger partial charge on any atom is -0.398 e. The summed E-state index contributed by atoms with van der Waals surface area (Å²) in [5.74, 6) is 0.742. The molecular weight excluding hydrogens is 240 g/mol. The average Bonchev–Trinajstić information content (AvgIpc) is 3.05. The largest absolute Gasteiger partial charge is 0.398 e. The molecule has 0 unspecified atom stereocenters. The summed E-state index contributed by atoms with van der Waals surface area (Å²) in [5.41, 5.74) is 8.38. The molecule has 0 bridgehead atoms. The van der Waals surface area contributed by atoms with Gasteiger partial charge in [-0.05, 0) is 18.2 Å². The van der Waals surface area contributed by atoms with Crippen LogP contribution in [0.2, 0.25) is 0 Å². The summed E-state index contributed by atoms with van der Waals surface area (Å²) in [7, 11) is 0. The third-order valence-electron chi connectivity index (χ3n) is 3.18. The quantitative estimate of drug-likeness (QED) is 0.505. The summed E-state index contributed by atoms with van der Waals surface area (Å²) in [4.78, 5) is 11.6. The number of aromatic nitrogens is 5. The van der Waals surface area contributed by atoms with Gasteiger partial charge in [0.05, 0.1) is 17.1 Å². The van der Waals surface area contributed by atoms with E-state index in [0.717, 1.165) is 27.8 Å². The highest BCUT2D eigenvalue weighted by atomic mass is 15.3. The lowest BCUT2D eigenvalue weighted by Crippen LogP contribution is -2.00. The van der Waals surface area contributed by atoms with Crippen LogP contribution in [0.5, 0.6) is 0 Å². The normalized spacial score (nSPS) is 11.4. The Labute approximate surface area is 107 Å². The molecule has 0 amide bonds. The number of nitrogens with two attached hydrogens (primary N) is 1. The summed E-state index contributed by atoms with van der Waals surface area (Å²) in [6, 6.07) is 7.68. The molecule has 6 nitrogen and oxygen atoms in total. The smallest absolute Gasteiger partial charge is 0.166 e. The van der Waals surface area contributed by atoms with Gasteiger partial charge >= 0.3 is 0 Å². The highest BCUT2D eigenvalue weighted by Crippen LogP contribution is 2.24. The highest BCUT2D eigenvalue weighted by molar-refractivity contribution is 5.93. The van der Waals surface area contributed by atoms with Crippen molar-refractivity contribution in [3.8, 4) is 5.82 Å². The number of fused-ring (bicyclic) bond motifs is 2. The molecule has 0 aliphatic carbocycles. The average molecular weight is 250 g/mol. The second-order valence-electron chi connectivity index (χ2n) is 4.27. The van der Waals surface area contributed by atoms with Crippen LogP contribution in [0.15, 0.2) is 43.0 Å². The van der Waals surface area contributed by atoms with Crippen molar-refractivity contribution in [2.75, 3.05) is 5.73 Å². The molecule has 3 N–H and O–H groups in total. The number of H-pyrrole nitrogens is 1. The Kier molecular flexibility index (Phi) is 1.88. The van der Waals surface area contributed by atoms with Crippen molar-refractivity contribution in [3.05, 3.63) is 43.0 Å². The first-order valence-electron chi connectivity index (χ1n) is 5.85. The predicted molar refractivity (Wildman–Crippen MR) is 72.9 cm³/mol. The molecule has 6 heteroatoms. The van der Waals surface area contributed by atoms with E-state index in [1.54, 1.807) is 10.9 Å². The summed E-state index contributed by atoms with van der Waals surface area (Å²) >= 11 is 0. The molecule has 3 aromatic heterocycles. The molecule has 0 spiro atoms. The lowest BCUT2D eigenvalue weighted by Gasteiger charge is -2.04. The van der Waals surface area contributed by atoms with Gasteiger partial charge in [0.15, 0.2) is 5.82 Å². The minimum atomic E-state index is 0.711. The van der Waals surface area contributed by atoms with Crippen molar-refractivity contribution in [2.45, 2.75) is 0 Å². The van der Waals surface area contributed by atoms with Crippen molar-refractivity contribution >= 4 is 27.6 Å². The van der Waals surface area contributed by atoms with Crippen LogP contribution >= 0.6 is 0 Å². The minimum absolute atomic E-state index is 0.711. The molecule has 0 aliphatic heterocycles. The van der Waals surface area contributed by atoms with E-state index >= 15 is 0 Å². The van der Waals surface area contributed by atoms with Crippen LogP contribution < -0.4 is 5.73 Å². The Morgan fingerprint density at radius 3 is 3.00 bits per heavy atom. The number of nitrogen functional groups attached to an aromatic ring is 1. The molecule has 19 heavy (non-hydrogen) atoms. The first-order valence-corrected chi connectivity index (χ1v) is 5.85. The van der Waals surface area contributed by atoms with E-state index in [1.165, 1.54) is 6.33 Å². The maximum absolute atomic E-state index is 5.95. The van der Waals surface area contributed by atoms with E-state index < -0.39 is 0 Å². The maximum Gasteiger partial charge on any atom is 0.166 e. The highest BCUT2D eigenvalue weighted by Gasteiger charge is 2.11. The molecule has 92 valence electrons. The molecule has 1 aromatic carbocycles. The standard InChI is InChI=1S/C13H10N6/c14-10-2-1-3-11-9(10)6-18-19(11)13-8-4-5-15-12(8)16-7-17-13/h1-7H,14H2,(H,15,16,17). The fraction of sp³-hybridized carbons (Fsp3) is 0. The van der Waals surface area contributed by atoms with E-state index in [1.807, 2.05) is 30.5 Å². The van der Waals surface area contributed by atoms with Gasteiger partial charge in [-0.3, -0.25) is 0 Å². The topological polar surface area (TPSA) is 85.4 Å². The number of anilines is 1. The summed E-state index contributed by atoms with van der Waals surface area (Å²) in [6.45, 7) is 0. The lowest BCUT2D eigenvalue weighted by atomic mass is 10.2. The predicted octanol–water partition coefficient (Wildman–Crippen LogP) is 1.88. The number of hydrogen-bond donors (Lipinski definition) is 2. The van der Waals surface area contributed by atoms with Crippen LogP contribution in [0, 0.1) is 0 Å². The van der Waals surface area contributed by atoms with E-state index in [9.17, 15) is 0 Å². The molecule has 0 atom stereocenters. The Hall–Kier alpha value is -2.89. The second kappa shape index (κ2) is 3.55. The van der Waals surface area contributed by atoms with Crippen LogP contribution in [0.4, 0.5) is 5.69 Å². The molecular formula is C13H10N6. The summed E-state index contributed by atoms with van der Waals surface area (Å²) in [6.07, 6.45) is 5.11. The number of nitrogens with zero attached hydrogens (tertiary/aromatic N) is 4. The van der Waals surface area contributed by atoms with Crippen molar-refractivity contribution in [2.24, 2.45) is 0 Å². The Morgan fingerprint density at radius 1 is 1.11 bits per heavy atom. The van der Waals surface area contributed by atoms with E-state index in [4.69, 9.17) is 5.73 Å². The van der Waals surface area contributed by atoms with Crippen LogP contribution in [0.3, 0.4) is 0 Å². The molecule has 4 aromatic rings. The van der Waals surface area contributed by atoms with E-state index in [2.05, 4.69) is 20.1 Å². The third kappa shape index (κ3) is 1.33. The lowest BCUT2D eigenvalue weighted by molar-refractivity contribution is 0.878. The van der Waals surface area contributed by atoms with Gasteiger partial charge in [-0.1, -0.05) is 6.07 Å². The number of benzene rings is 1. The Bertz CT molecular complexity index is 888. The van der Waals surface area contributed by atoms with Gasteiger partial charge in [0.25, 0.3) is 0 Å². The molecule has 3 heterocycles. The first-order chi connectivity index (χ1) is 9.34. The van der Waals surface area contributed by atoms with Gasteiger partial charge in [0, 0.05) is 17.3 Å². The van der Waals surface area contributed by atoms with Crippen molar-refractivity contribution in [1.82, 2.24) is 24.7 Å². The SMILES string of the molecule is Nc1cccc2c1cnn2-c1ncnc2[nH]ccc12. The zero-order chi connectivity index (χ0) is 12.8. The second-order valence-corrected chi connectivity index (χ2v) is 4.27. The molecule has 0 radical (unpaired) electrons. The number of hydrogen-bond acceptors (Lipinski definition) is 4. The zero-order valence-electron chi connectivity index (χ0n) is 9.91. The first kappa shape index (κ1) is 10.1. The van der Waals surface area contributed by atoms with Crippen LogP contribution in [0.25, 0.3) is 27.8 Å². The van der Waals surface area contributed by atoms with Crippen molar-refractivity contribution in [3.63, 3.8) is 0 Å². The number of aromatic amines is 1. The molecule has 0 fully saturated rings. The molecule has 4 rings (SSSR count). The Morgan fingerprint density at radius 2 is 2.05 bits per heavy atom. The van der Waals surface area contributed by atoms with Gasteiger partial charge in [-0.2, -0.15) is 5.10 Å². The van der Waals surface area contributed by atoms with E-state index in [-0.39, 0.29) is 0 Å². The zero-order valence-corrected chi connectivity index (χ0v) is 9.91. The monoisotopic (exact) mass is 250 g/mol. The van der Waals surface area contributed by atoms with Crippen LogP contribution in [-0.2, 0) is 0 Å². The number of rotatable bonds is 1.